The van der Waals surface area contributed by atoms with Gasteiger partial charge >= 0.3 is 0 Å². The van der Waals surface area contributed by atoms with Gasteiger partial charge in [-0.25, -0.2) is 8.78 Å². The molecule has 2 heteroatoms. The molecule has 26 heavy (non-hydrogen) atoms. The van der Waals surface area contributed by atoms with E-state index < -0.39 is 11.6 Å². The molecule has 0 radical (unpaired) electrons. The second kappa shape index (κ2) is 9.67. The van der Waals surface area contributed by atoms with Gasteiger partial charge < -0.3 is 0 Å². The molecule has 0 aliphatic heterocycles. The summed E-state index contributed by atoms with van der Waals surface area (Å²) in [6.45, 7) is 2.21. The van der Waals surface area contributed by atoms with E-state index in [4.69, 9.17) is 0 Å². The highest BCUT2D eigenvalue weighted by atomic mass is 19.2. The first-order valence-electron chi connectivity index (χ1n) is 10.8. The van der Waals surface area contributed by atoms with Crippen LogP contribution in [0.5, 0.6) is 0 Å². The van der Waals surface area contributed by atoms with Crippen molar-refractivity contribution < 1.29 is 8.78 Å². The molecule has 0 amide bonds. The third kappa shape index (κ3) is 5.41. The van der Waals surface area contributed by atoms with Crippen LogP contribution in [0.4, 0.5) is 8.78 Å². The molecule has 3 rings (SSSR count). The predicted molar refractivity (Wildman–Crippen MR) is 105 cm³/mol. The van der Waals surface area contributed by atoms with Crippen LogP contribution >= 0.6 is 0 Å². The third-order valence-electron chi connectivity index (χ3n) is 6.78. The molecule has 2 aliphatic carbocycles. The zero-order chi connectivity index (χ0) is 18.4. The van der Waals surface area contributed by atoms with Crippen LogP contribution in [0.1, 0.15) is 89.0 Å². The lowest BCUT2D eigenvalue weighted by atomic mass is 9.74. The Labute approximate surface area is 158 Å². The van der Waals surface area contributed by atoms with Crippen molar-refractivity contribution in [1.82, 2.24) is 0 Å². The minimum Gasteiger partial charge on any atom is -0.204 e. The van der Waals surface area contributed by atoms with E-state index in [1.807, 2.05) is 0 Å². The summed E-state index contributed by atoms with van der Waals surface area (Å²) in [5, 5.41) is 0. The molecule has 2 aliphatic rings. The van der Waals surface area contributed by atoms with Gasteiger partial charge in [0, 0.05) is 0 Å². The van der Waals surface area contributed by atoms with Gasteiger partial charge in [-0.1, -0.05) is 38.0 Å². The summed E-state index contributed by atoms with van der Waals surface area (Å²) in [4.78, 5) is 0. The standard InChI is InChI=1S/C24H34F2/c1-2-3-4-18-5-7-19(8-6-18)9-10-20-11-13-21(14-12-20)22-15-16-23(25)24(26)17-22/h3-4,15-21H,2,5-14H2,1H3/b4-3+/t18-,19-,20-,21-. The second-order valence-electron chi connectivity index (χ2n) is 8.59. The molecule has 1 aromatic rings. The summed E-state index contributed by atoms with van der Waals surface area (Å²) in [6.07, 6.45) is 19.0. The van der Waals surface area contributed by atoms with Crippen LogP contribution in [-0.2, 0) is 0 Å². The maximum absolute atomic E-state index is 13.5. The van der Waals surface area contributed by atoms with Crippen molar-refractivity contribution in [3.63, 3.8) is 0 Å². The van der Waals surface area contributed by atoms with Crippen LogP contribution in [-0.4, -0.2) is 0 Å². The maximum Gasteiger partial charge on any atom is 0.159 e. The summed E-state index contributed by atoms with van der Waals surface area (Å²) >= 11 is 0. The first-order valence-corrected chi connectivity index (χ1v) is 10.8. The van der Waals surface area contributed by atoms with Gasteiger partial charge in [-0.05, 0) is 99.2 Å². The second-order valence-corrected chi connectivity index (χ2v) is 8.59. The van der Waals surface area contributed by atoms with Crippen LogP contribution in [0.3, 0.4) is 0 Å². The van der Waals surface area contributed by atoms with Crippen molar-refractivity contribution in [2.24, 2.45) is 17.8 Å². The molecule has 0 atom stereocenters. The summed E-state index contributed by atoms with van der Waals surface area (Å²) in [5.74, 6) is 1.59. The predicted octanol–water partition coefficient (Wildman–Crippen LogP) is 7.79. The van der Waals surface area contributed by atoms with Gasteiger partial charge in [-0.15, -0.1) is 0 Å². The van der Waals surface area contributed by atoms with Crippen LogP contribution in [0.15, 0.2) is 30.4 Å². The molecule has 0 N–H and O–H groups in total. The first-order chi connectivity index (χ1) is 12.7. The lowest BCUT2D eigenvalue weighted by molar-refractivity contribution is 0.246. The van der Waals surface area contributed by atoms with Crippen molar-refractivity contribution in [2.45, 2.75) is 83.5 Å². The molecule has 144 valence electrons. The number of allylic oxidation sites excluding steroid dienone is 2. The SMILES string of the molecule is CC/C=C/[C@H]1CC[C@H](CC[C@H]2CC[C@H](c3ccc(F)c(F)c3)CC2)CC1. The molecule has 1 aromatic carbocycles. The molecule has 0 bridgehead atoms. The Morgan fingerprint density at radius 1 is 0.846 bits per heavy atom. The highest BCUT2D eigenvalue weighted by molar-refractivity contribution is 5.22. The Morgan fingerprint density at radius 3 is 2.04 bits per heavy atom. The number of benzene rings is 1. The average Bonchev–Trinajstić information content (AvgIpc) is 2.68. The average molecular weight is 361 g/mol. The Bertz CT molecular complexity index is 576. The van der Waals surface area contributed by atoms with E-state index in [0.29, 0.717) is 5.92 Å². The molecular formula is C24H34F2. The van der Waals surface area contributed by atoms with Crippen molar-refractivity contribution in [3.8, 4) is 0 Å². The molecule has 2 saturated carbocycles. The Hall–Kier alpha value is -1.18. The molecule has 2 fully saturated rings. The van der Waals surface area contributed by atoms with Crippen LogP contribution in [0.25, 0.3) is 0 Å². The van der Waals surface area contributed by atoms with Crippen molar-refractivity contribution in [2.75, 3.05) is 0 Å². The van der Waals surface area contributed by atoms with Crippen molar-refractivity contribution >= 4 is 0 Å². The fourth-order valence-corrected chi connectivity index (χ4v) is 5.02. The van der Waals surface area contributed by atoms with Gasteiger partial charge in [0.15, 0.2) is 11.6 Å². The number of hydrogen-bond acceptors (Lipinski definition) is 0. The normalized spacial score (nSPS) is 30.0. The van der Waals surface area contributed by atoms with Crippen LogP contribution < -0.4 is 0 Å². The topological polar surface area (TPSA) is 0 Å². The molecule has 0 spiro atoms. The molecule has 0 unspecified atom stereocenters. The fraction of sp³-hybridized carbons (Fsp3) is 0.667. The van der Waals surface area contributed by atoms with Crippen molar-refractivity contribution in [1.29, 1.82) is 0 Å². The van der Waals surface area contributed by atoms with Gasteiger partial charge in [0.25, 0.3) is 0 Å². The minimum atomic E-state index is -0.734. The van der Waals surface area contributed by atoms with E-state index in [1.165, 1.54) is 63.5 Å². The summed E-state index contributed by atoms with van der Waals surface area (Å²) in [5.41, 5.74) is 0.987. The van der Waals surface area contributed by atoms with Gasteiger partial charge in [-0.2, -0.15) is 0 Å². The van der Waals surface area contributed by atoms with Gasteiger partial charge in [-0.3, -0.25) is 0 Å². The van der Waals surface area contributed by atoms with E-state index in [-0.39, 0.29) is 0 Å². The summed E-state index contributed by atoms with van der Waals surface area (Å²) in [7, 11) is 0. The number of rotatable bonds is 6. The highest BCUT2D eigenvalue weighted by Crippen LogP contribution is 2.40. The van der Waals surface area contributed by atoms with E-state index in [0.717, 1.165) is 42.6 Å². The van der Waals surface area contributed by atoms with E-state index in [1.54, 1.807) is 6.07 Å². The molecule has 0 nitrogen and oxygen atoms in total. The molecule has 0 heterocycles. The Morgan fingerprint density at radius 2 is 1.46 bits per heavy atom. The lowest BCUT2D eigenvalue weighted by Crippen LogP contribution is -2.17. The van der Waals surface area contributed by atoms with Gasteiger partial charge in [0.2, 0.25) is 0 Å². The lowest BCUT2D eigenvalue weighted by Gasteiger charge is -2.31. The van der Waals surface area contributed by atoms with E-state index >= 15 is 0 Å². The van der Waals surface area contributed by atoms with E-state index in [2.05, 4.69) is 19.1 Å². The van der Waals surface area contributed by atoms with Crippen LogP contribution in [0, 0.1) is 29.4 Å². The quantitative estimate of drug-likeness (QED) is 0.454. The van der Waals surface area contributed by atoms with Crippen molar-refractivity contribution in [3.05, 3.63) is 47.5 Å². The first kappa shape index (κ1) is 19.6. The van der Waals surface area contributed by atoms with Gasteiger partial charge in [0.1, 0.15) is 0 Å². The van der Waals surface area contributed by atoms with Gasteiger partial charge in [0.05, 0.1) is 0 Å². The zero-order valence-corrected chi connectivity index (χ0v) is 16.2. The number of hydrogen-bond donors (Lipinski definition) is 0. The monoisotopic (exact) mass is 360 g/mol. The smallest absolute Gasteiger partial charge is 0.159 e. The van der Waals surface area contributed by atoms with Crippen LogP contribution in [0.2, 0.25) is 0 Å². The minimum absolute atomic E-state index is 0.419. The fourth-order valence-electron chi connectivity index (χ4n) is 5.02. The molecular weight excluding hydrogens is 326 g/mol. The zero-order valence-electron chi connectivity index (χ0n) is 16.2. The Kier molecular flexibility index (Phi) is 7.28. The number of halogens is 2. The summed E-state index contributed by atoms with van der Waals surface area (Å²) in [6, 6.07) is 4.46. The summed E-state index contributed by atoms with van der Waals surface area (Å²) < 4.78 is 26.6. The Balaban J connectivity index is 1.37. The third-order valence-corrected chi connectivity index (χ3v) is 6.78. The maximum atomic E-state index is 13.5. The largest absolute Gasteiger partial charge is 0.204 e. The highest BCUT2D eigenvalue weighted by Gasteiger charge is 2.25. The van der Waals surface area contributed by atoms with E-state index in [9.17, 15) is 8.78 Å². The molecule has 0 saturated heterocycles. The molecule has 0 aromatic heterocycles.